The molecule has 0 aromatic carbocycles. The molecule has 102 valence electrons. The van der Waals surface area contributed by atoms with E-state index in [1.807, 2.05) is 0 Å². The Bertz CT molecular complexity index is 439. The Balaban J connectivity index is 1.70. The van der Waals surface area contributed by atoms with Crippen molar-refractivity contribution in [3.8, 4) is 0 Å². The lowest BCUT2D eigenvalue weighted by molar-refractivity contribution is 0.198. The number of nitrogens with zero attached hydrogens (tertiary/aromatic N) is 2. The number of hydrogen-bond acceptors (Lipinski definition) is 3. The number of fused-ring (bicyclic) bond motifs is 2. The second-order valence-electron chi connectivity index (χ2n) is 5.57. The van der Waals surface area contributed by atoms with E-state index in [1.165, 1.54) is 17.7 Å². The average Bonchev–Trinajstić information content (AvgIpc) is 2.76. The fourth-order valence-corrected chi connectivity index (χ4v) is 3.40. The SMILES string of the molecule is O=C(O)N(CC1C[C@H]2CC[C@@H](C1)N2)c1ccncc1. The summed E-state index contributed by atoms with van der Waals surface area (Å²) in [5.74, 6) is 0.461. The molecule has 1 aromatic heterocycles. The molecule has 2 bridgehead atoms. The van der Waals surface area contributed by atoms with Crippen LogP contribution in [0.15, 0.2) is 24.5 Å². The second-order valence-corrected chi connectivity index (χ2v) is 5.57. The van der Waals surface area contributed by atoms with Gasteiger partial charge in [0.2, 0.25) is 0 Å². The van der Waals surface area contributed by atoms with E-state index < -0.39 is 6.09 Å². The maximum absolute atomic E-state index is 11.4. The predicted octanol–water partition coefficient (Wildman–Crippen LogP) is 2.10. The number of pyridine rings is 1. The molecule has 1 aromatic rings. The maximum Gasteiger partial charge on any atom is 0.411 e. The highest BCUT2D eigenvalue weighted by Crippen LogP contribution is 2.32. The highest BCUT2D eigenvalue weighted by molar-refractivity contribution is 5.85. The lowest BCUT2D eigenvalue weighted by Gasteiger charge is -2.32. The first-order valence-electron chi connectivity index (χ1n) is 6.89. The molecule has 0 aliphatic carbocycles. The molecule has 3 atom stereocenters. The molecule has 2 aliphatic rings. The van der Waals surface area contributed by atoms with E-state index in [9.17, 15) is 9.90 Å². The molecule has 2 saturated heterocycles. The Kier molecular flexibility index (Phi) is 3.38. The van der Waals surface area contributed by atoms with Crippen LogP contribution in [0, 0.1) is 5.92 Å². The Hall–Kier alpha value is -1.62. The number of anilines is 1. The minimum absolute atomic E-state index is 0.461. The van der Waals surface area contributed by atoms with Crippen LogP contribution in [0.1, 0.15) is 25.7 Å². The van der Waals surface area contributed by atoms with Crippen LogP contribution in [0.3, 0.4) is 0 Å². The molecule has 2 N–H and O–H groups in total. The molecular weight excluding hydrogens is 242 g/mol. The third-order valence-corrected chi connectivity index (χ3v) is 4.22. The fraction of sp³-hybridized carbons (Fsp3) is 0.571. The summed E-state index contributed by atoms with van der Waals surface area (Å²) < 4.78 is 0. The van der Waals surface area contributed by atoms with Crippen LogP contribution >= 0.6 is 0 Å². The van der Waals surface area contributed by atoms with Crippen LogP contribution in [-0.4, -0.2) is 34.8 Å². The molecule has 5 heteroatoms. The third kappa shape index (κ3) is 2.71. The van der Waals surface area contributed by atoms with E-state index in [1.54, 1.807) is 24.5 Å². The summed E-state index contributed by atoms with van der Waals surface area (Å²) in [6.45, 7) is 0.591. The minimum Gasteiger partial charge on any atom is -0.465 e. The van der Waals surface area contributed by atoms with Gasteiger partial charge in [0, 0.05) is 31.0 Å². The van der Waals surface area contributed by atoms with Gasteiger partial charge in [-0.25, -0.2) is 4.79 Å². The Morgan fingerprint density at radius 2 is 1.95 bits per heavy atom. The summed E-state index contributed by atoms with van der Waals surface area (Å²) in [6, 6.07) is 4.70. The largest absolute Gasteiger partial charge is 0.465 e. The van der Waals surface area contributed by atoms with Crippen molar-refractivity contribution < 1.29 is 9.90 Å². The number of amides is 1. The molecule has 0 radical (unpaired) electrons. The van der Waals surface area contributed by atoms with Crippen molar-refractivity contribution in [1.82, 2.24) is 10.3 Å². The first kappa shape index (κ1) is 12.4. The number of hydrogen-bond donors (Lipinski definition) is 2. The highest BCUT2D eigenvalue weighted by Gasteiger charge is 2.34. The van der Waals surface area contributed by atoms with Gasteiger partial charge in [0.1, 0.15) is 0 Å². The van der Waals surface area contributed by atoms with E-state index in [2.05, 4.69) is 10.3 Å². The van der Waals surface area contributed by atoms with Gasteiger partial charge in [-0.15, -0.1) is 0 Å². The Labute approximate surface area is 112 Å². The van der Waals surface area contributed by atoms with Crippen molar-refractivity contribution >= 4 is 11.8 Å². The van der Waals surface area contributed by atoms with Gasteiger partial charge in [-0.1, -0.05) is 0 Å². The van der Waals surface area contributed by atoms with Gasteiger partial charge in [-0.2, -0.15) is 0 Å². The number of carbonyl (C=O) groups is 1. The van der Waals surface area contributed by atoms with Gasteiger partial charge in [0.05, 0.1) is 5.69 Å². The molecule has 5 nitrogen and oxygen atoms in total. The molecule has 0 saturated carbocycles. The fourth-order valence-electron chi connectivity index (χ4n) is 3.40. The molecule has 2 aliphatic heterocycles. The predicted molar refractivity (Wildman–Crippen MR) is 72.3 cm³/mol. The van der Waals surface area contributed by atoms with Crippen LogP contribution in [0.2, 0.25) is 0 Å². The van der Waals surface area contributed by atoms with Crippen molar-refractivity contribution in [3.63, 3.8) is 0 Å². The summed E-state index contributed by atoms with van der Waals surface area (Å²) in [5.41, 5.74) is 0.716. The van der Waals surface area contributed by atoms with Crippen LogP contribution < -0.4 is 10.2 Å². The van der Waals surface area contributed by atoms with E-state index in [0.717, 1.165) is 12.8 Å². The maximum atomic E-state index is 11.4. The smallest absolute Gasteiger partial charge is 0.411 e. The standard InChI is InChI=1S/C14H19N3O2/c18-14(19)17(13-3-5-15-6-4-13)9-10-7-11-1-2-12(8-10)16-11/h3-6,10-12,16H,1-2,7-9H2,(H,18,19)/t10?,11-,12+. The lowest BCUT2D eigenvalue weighted by Crippen LogP contribution is -2.43. The first-order valence-corrected chi connectivity index (χ1v) is 6.89. The molecule has 3 heterocycles. The van der Waals surface area contributed by atoms with E-state index in [-0.39, 0.29) is 0 Å². The molecule has 2 fully saturated rings. The zero-order valence-corrected chi connectivity index (χ0v) is 10.8. The van der Waals surface area contributed by atoms with Gasteiger partial charge < -0.3 is 10.4 Å². The Morgan fingerprint density at radius 1 is 1.32 bits per heavy atom. The summed E-state index contributed by atoms with van der Waals surface area (Å²) in [4.78, 5) is 16.8. The van der Waals surface area contributed by atoms with Crippen LogP contribution in [-0.2, 0) is 0 Å². The second kappa shape index (κ2) is 5.17. The normalized spacial score (nSPS) is 29.2. The number of piperidine rings is 1. The van der Waals surface area contributed by atoms with Gasteiger partial charge >= 0.3 is 6.09 Å². The quantitative estimate of drug-likeness (QED) is 0.874. The first-order chi connectivity index (χ1) is 9.22. The summed E-state index contributed by atoms with van der Waals surface area (Å²) in [6.07, 6.45) is 7.05. The van der Waals surface area contributed by atoms with Gasteiger partial charge in [0.15, 0.2) is 0 Å². The van der Waals surface area contributed by atoms with Crippen molar-refractivity contribution in [2.24, 2.45) is 5.92 Å². The van der Waals surface area contributed by atoms with Crippen LogP contribution in [0.25, 0.3) is 0 Å². The summed E-state index contributed by atoms with van der Waals surface area (Å²) in [7, 11) is 0. The monoisotopic (exact) mass is 261 g/mol. The van der Waals surface area contributed by atoms with Crippen LogP contribution in [0.5, 0.6) is 0 Å². The summed E-state index contributed by atoms with van der Waals surface area (Å²) in [5, 5.41) is 13.0. The van der Waals surface area contributed by atoms with E-state index in [0.29, 0.717) is 30.2 Å². The summed E-state index contributed by atoms with van der Waals surface area (Å²) >= 11 is 0. The molecule has 1 unspecified atom stereocenters. The van der Waals surface area contributed by atoms with E-state index in [4.69, 9.17) is 0 Å². The lowest BCUT2D eigenvalue weighted by atomic mass is 9.92. The van der Waals surface area contributed by atoms with Crippen molar-refractivity contribution in [3.05, 3.63) is 24.5 Å². The van der Waals surface area contributed by atoms with Crippen molar-refractivity contribution in [2.75, 3.05) is 11.4 Å². The van der Waals surface area contributed by atoms with Crippen LogP contribution in [0.4, 0.5) is 10.5 Å². The van der Waals surface area contributed by atoms with Gasteiger partial charge in [-0.3, -0.25) is 9.88 Å². The number of rotatable bonds is 3. The molecule has 19 heavy (non-hydrogen) atoms. The molecular formula is C14H19N3O2. The number of nitrogens with one attached hydrogen (secondary N) is 1. The zero-order chi connectivity index (χ0) is 13.2. The van der Waals surface area contributed by atoms with Crippen molar-refractivity contribution in [1.29, 1.82) is 0 Å². The number of carboxylic acid groups (broad SMARTS) is 1. The average molecular weight is 261 g/mol. The third-order valence-electron chi connectivity index (χ3n) is 4.22. The van der Waals surface area contributed by atoms with Crippen molar-refractivity contribution in [2.45, 2.75) is 37.8 Å². The molecule has 0 spiro atoms. The molecule has 1 amide bonds. The minimum atomic E-state index is -0.878. The number of aromatic nitrogens is 1. The van der Waals surface area contributed by atoms with Gasteiger partial charge in [0.25, 0.3) is 0 Å². The Morgan fingerprint density at radius 3 is 2.53 bits per heavy atom. The molecule has 3 rings (SSSR count). The van der Waals surface area contributed by atoms with Gasteiger partial charge in [-0.05, 0) is 43.7 Å². The highest BCUT2D eigenvalue weighted by atomic mass is 16.4. The zero-order valence-electron chi connectivity index (χ0n) is 10.8. The van der Waals surface area contributed by atoms with E-state index >= 15 is 0 Å². The topological polar surface area (TPSA) is 65.5 Å².